The molecule has 630 valence electrons. The molecule has 0 rings (SSSR count). The van der Waals surface area contributed by atoms with Crippen LogP contribution in [0.1, 0.15) is 349 Å². The first-order valence-corrected chi connectivity index (χ1v) is 46.1. The third kappa shape index (κ3) is 81.0. The lowest BCUT2D eigenvalue weighted by Crippen LogP contribution is -2.30. The Bertz CT molecular complexity index is 2650. The molecule has 0 heterocycles. The van der Waals surface area contributed by atoms with Gasteiger partial charge < -0.3 is 33.8 Å². The van der Waals surface area contributed by atoms with E-state index in [0.29, 0.717) is 25.7 Å². The van der Waals surface area contributed by atoms with Crippen LogP contribution in [0.4, 0.5) is 0 Å². The molecule has 19 heteroatoms. The Kier molecular flexibility index (Phi) is 78.2. The SMILES string of the molecule is CC/C=C\C/C=C\C/C=C\C/C=C\C/C=C\CCCCCC(=O)OCC(COP(=O)(O)OCC(O)COP(=O)(O)OCC(COC(=O)CCCCCCCC/C=C\C/C=C\C/C=C\C/C=C\CC)OC(=O)CCCCCCCCC/C=C\C/C=C\C/C=C\CC)OC(=O)CCCCCCCCCCCCCCCCC. The number of aliphatic hydroxyl groups excluding tert-OH is 1. The number of rotatable bonds is 80. The van der Waals surface area contributed by atoms with E-state index in [-0.39, 0.29) is 25.7 Å². The summed E-state index contributed by atoms with van der Waals surface area (Å²) in [7, 11) is -9.99. The lowest BCUT2D eigenvalue weighted by atomic mass is 10.0. The summed E-state index contributed by atoms with van der Waals surface area (Å²) in [5, 5.41) is 10.7. The maximum atomic E-state index is 13.1. The number of hydrogen-bond acceptors (Lipinski definition) is 15. The summed E-state index contributed by atoms with van der Waals surface area (Å²) in [4.78, 5) is 73.3. The highest BCUT2D eigenvalue weighted by atomic mass is 31.2. The number of aliphatic hydroxyl groups is 1. The number of carbonyl (C=O) groups is 4. The van der Waals surface area contributed by atoms with Gasteiger partial charge >= 0.3 is 39.5 Å². The largest absolute Gasteiger partial charge is 0.472 e. The quantitative estimate of drug-likeness (QED) is 0.0169. The highest BCUT2D eigenvalue weighted by Gasteiger charge is 2.30. The molecule has 0 aliphatic rings. The van der Waals surface area contributed by atoms with E-state index in [1.807, 2.05) is 0 Å². The fourth-order valence-electron chi connectivity index (χ4n) is 11.4. The number of phosphoric ester groups is 2. The Morgan fingerprint density at radius 1 is 0.264 bits per heavy atom. The van der Waals surface area contributed by atoms with Gasteiger partial charge in [0.15, 0.2) is 12.2 Å². The Morgan fingerprint density at radius 2 is 0.473 bits per heavy atom. The van der Waals surface area contributed by atoms with Crippen LogP contribution >= 0.6 is 15.6 Å². The highest BCUT2D eigenvalue weighted by Crippen LogP contribution is 2.45. The van der Waals surface area contributed by atoms with Crippen LogP contribution in [0.3, 0.4) is 0 Å². The molecular formula is C91H154O17P2. The van der Waals surface area contributed by atoms with Crippen LogP contribution in [0.15, 0.2) is 146 Å². The van der Waals surface area contributed by atoms with Gasteiger partial charge in [0.05, 0.1) is 26.4 Å². The van der Waals surface area contributed by atoms with Gasteiger partial charge in [-0.3, -0.25) is 37.3 Å². The van der Waals surface area contributed by atoms with E-state index in [2.05, 4.69) is 174 Å². The van der Waals surface area contributed by atoms with Crippen molar-refractivity contribution in [1.29, 1.82) is 0 Å². The first kappa shape index (κ1) is 105. The molecule has 0 bridgehead atoms. The highest BCUT2D eigenvalue weighted by molar-refractivity contribution is 7.47. The van der Waals surface area contributed by atoms with Crippen molar-refractivity contribution < 1.29 is 80.2 Å². The molecule has 5 unspecified atom stereocenters. The smallest absolute Gasteiger partial charge is 0.462 e. The van der Waals surface area contributed by atoms with E-state index in [1.54, 1.807) is 0 Å². The summed E-state index contributed by atoms with van der Waals surface area (Å²) in [5.74, 6) is -2.23. The Morgan fingerprint density at radius 3 is 0.736 bits per heavy atom. The zero-order valence-corrected chi connectivity index (χ0v) is 70.9. The second-order valence-corrected chi connectivity index (χ2v) is 31.2. The molecule has 0 spiro atoms. The second kappa shape index (κ2) is 81.9. The van der Waals surface area contributed by atoms with Crippen LogP contribution in [0.2, 0.25) is 0 Å². The van der Waals surface area contributed by atoms with Crippen LogP contribution in [0.25, 0.3) is 0 Å². The molecule has 0 aromatic rings. The van der Waals surface area contributed by atoms with Crippen molar-refractivity contribution in [3.63, 3.8) is 0 Å². The topological polar surface area (TPSA) is 237 Å². The van der Waals surface area contributed by atoms with Crippen molar-refractivity contribution in [2.75, 3.05) is 39.6 Å². The molecule has 0 aromatic carbocycles. The normalized spacial score (nSPS) is 14.5. The second-order valence-electron chi connectivity index (χ2n) is 28.3. The average molecular weight is 1580 g/mol. The third-order valence-corrected chi connectivity index (χ3v) is 19.7. The van der Waals surface area contributed by atoms with Crippen LogP contribution in [-0.4, -0.2) is 96.7 Å². The fraction of sp³-hybridized carbons (Fsp3) is 0.692. The van der Waals surface area contributed by atoms with Crippen molar-refractivity contribution in [1.82, 2.24) is 0 Å². The molecule has 0 saturated carbocycles. The minimum atomic E-state index is -4.99. The van der Waals surface area contributed by atoms with Crippen molar-refractivity contribution >= 4 is 39.5 Å². The van der Waals surface area contributed by atoms with Gasteiger partial charge in [-0.1, -0.05) is 328 Å². The zero-order chi connectivity index (χ0) is 80.3. The molecule has 0 radical (unpaired) electrons. The number of ether oxygens (including phenoxy) is 4. The minimum Gasteiger partial charge on any atom is -0.462 e. The van der Waals surface area contributed by atoms with Gasteiger partial charge in [-0.25, -0.2) is 9.13 Å². The van der Waals surface area contributed by atoms with Crippen molar-refractivity contribution in [3.8, 4) is 0 Å². The summed E-state index contributed by atoms with van der Waals surface area (Å²) in [6, 6.07) is 0. The van der Waals surface area contributed by atoms with Gasteiger partial charge in [0, 0.05) is 25.7 Å². The third-order valence-electron chi connectivity index (χ3n) is 17.8. The molecule has 0 aliphatic heterocycles. The molecule has 0 aliphatic carbocycles. The lowest BCUT2D eigenvalue weighted by Gasteiger charge is -2.21. The standard InChI is InChI=1S/C91H154O17P2/c1-5-9-13-17-21-25-29-33-37-40-42-45-48-51-55-59-63-67-71-75-88(93)101-81-86(107-90(95)77-73-69-65-61-57-53-47-36-32-28-24-20-16-12-8-4)83-105-109(97,98)103-79-85(92)80-104-110(99,100)106-84-87(108-91(96)78-74-70-66-62-58-54-50-44-39-35-31-27-23-19-15-11-7-3)82-102-89(94)76-72-68-64-60-56-52-49-46-43-41-38-34-30-26-22-18-14-10-6-2/h9-11,13-15,21-23,25-27,33-35,37-39,42-43,45-46,51,55,85-87,92H,5-8,12,16-20,24,28-32,36,40-41,44,47-50,52-54,56-84H2,1-4H3,(H,97,98)(H,99,100)/b13-9-,14-10-,15-11-,25-21-,26-22-,27-23-,37-33-,38-34-,39-35-,45-42-,46-43-,55-51-. The van der Waals surface area contributed by atoms with Crippen LogP contribution < -0.4 is 0 Å². The molecule has 0 amide bonds. The van der Waals surface area contributed by atoms with E-state index < -0.39 is 97.5 Å². The van der Waals surface area contributed by atoms with E-state index >= 15 is 0 Å². The van der Waals surface area contributed by atoms with E-state index in [1.165, 1.54) is 64.2 Å². The van der Waals surface area contributed by atoms with Crippen molar-refractivity contribution in [2.24, 2.45) is 0 Å². The summed E-state index contributed by atoms with van der Waals surface area (Å²) in [6.07, 6.45) is 95.1. The number of unbranched alkanes of at least 4 members (excludes halogenated alkanes) is 30. The maximum absolute atomic E-state index is 13.1. The van der Waals surface area contributed by atoms with Crippen LogP contribution in [0, 0.1) is 0 Å². The lowest BCUT2D eigenvalue weighted by molar-refractivity contribution is -0.161. The number of phosphoric acid groups is 2. The van der Waals surface area contributed by atoms with Gasteiger partial charge in [-0.2, -0.15) is 0 Å². The van der Waals surface area contributed by atoms with Gasteiger partial charge in [0.25, 0.3) is 0 Å². The van der Waals surface area contributed by atoms with Gasteiger partial charge in [-0.05, 0) is 141 Å². The first-order chi connectivity index (χ1) is 53.7. The summed E-state index contributed by atoms with van der Waals surface area (Å²) in [6.45, 7) is 4.53. The van der Waals surface area contributed by atoms with E-state index in [9.17, 15) is 43.2 Å². The Labute approximate surface area is 668 Å². The van der Waals surface area contributed by atoms with Crippen LogP contribution in [-0.2, 0) is 65.4 Å². The summed E-state index contributed by atoms with van der Waals surface area (Å²) < 4.78 is 68.8. The Balaban J connectivity index is 5.42. The maximum Gasteiger partial charge on any atom is 0.472 e. The fourth-order valence-corrected chi connectivity index (χ4v) is 13.0. The van der Waals surface area contributed by atoms with E-state index in [0.717, 1.165) is 205 Å². The average Bonchev–Trinajstić information content (AvgIpc) is 0.899. The Hall–Kier alpha value is -5.06. The molecule has 5 atom stereocenters. The molecule has 0 fully saturated rings. The van der Waals surface area contributed by atoms with Gasteiger partial charge in [-0.15, -0.1) is 0 Å². The van der Waals surface area contributed by atoms with Crippen molar-refractivity contribution in [2.45, 2.75) is 367 Å². The molecule has 17 nitrogen and oxygen atoms in total. The first-order valence-electron chi connectivity index (χ1n) is 43.1. The number of esters is 4. The zero-order valence-electron chi connectivity index (χ0n) is 69.1. The summed E-state index contributed by atoms with van der Waals surface area (Å²) in [5.41, 5.74) is 0. The minimum absolute atomic E-state index is 0.0765. The number of carbonyl (C=O) groups excluding carboxylic acids is 4. The number of allylic oxidation sites excluding steroid dienone is 24. The van der Waals surface area contributed by atoms with Gasteiger partial charge in [0.2, 0.25) is 0 Å². The molecule has 110 heavy (non-hydrogen) atoms. The monoisotopic (exact) mass is 1580 g/mol. The molecule has 0 saturated heterocycles. The van der Waals surface area contributed by atoms with E-state index in [4.69, 9.17) is 37.0 Å². The van der Waals surface area contributed by atoms with Crippen molar-refractivity contribution in [3.05, 3.63) is 146 Å². The number of hydrogen-bond donors (Lipinski definition) is 3. The molecule has 0 aromatic heterocycles. The van der Waals surface area contributed by atoms with Gasteiger partial charge in [0.1, 0.15) is 19.3 Å². The molecule has 3 N–H and O–H groups in total. The predicted molar refractivity (Wildman–Crippen MR) is 454 cm³/mol. The molecular weight excluding hydrogens is 1430 g/mol. The van der Waals surface area contributed by atoms with Crippen LogP contribution in [0.5, 0.6) is 0 Å². The predicted octanol–water partition coefficient (Wildman–Crippen LogP) is 25.8. The summed E-state index contributed by atoms with van der Waals surface area (Å²) >= 11 is 0.